The van der Waals surface area contributed by atoms with Crippen molar-refractivity contribution in [2.45, 2.75) is 46.1 Å². The monoisotopic (exact) mass is 410 g/mol. The Balaban J connectivity index is 0.00000361. The third-order valence-electron chi connectivity index (χ3n) is 2.95. The van der Waals surface area contributed by atoms with Crippen LogP contribution in [-0.4, -0.2) is 36.5 Å². The second kappa shape index (κ2) is 11.3. The maximum Gasteiger partial charge on any atom is 0.193 e. The predicted octanol–water partition coefficient (Wildman–Crippen LogP) is 3.66. The Hall–Kier alpha value is -0.370. The number of halogens is 1. The molecule has 0 amide bonds. The molecule has 0 atom stereocenters. The topological polar surface area (TPSA) is 40.5 Å². The number of nitrogens with zero attached hydrogens (tertiary/aromatic N) is 3. The minimum Gasteiger partial charge on any atom is -0.356 e. The number of unbranched alkanes of at least 4 members (excludes halogenated alkanes) is 3. The lowest BCUT2D eigenvalue weighted by molar-refractivity contribution is 0.468. The fourth-order valence-corrected chi connectivity index (χ4v) is 2.54. The summed E-state index contributed by atoms with van der Waals surface area (Å²) in [5, 5.41) is 6.63. The summed E-state index contributed by atoms with van der Waals surface area (Å²) in [6, 6.07) is 0. The zero-order valence-corrected chi connectivity index (χ0v) is 16.1. The Bertz CT molecular complexity index is 392. The molecule has 4 nitrogen and oxygen atoms in total. The van der Waals surface area contributed by atoms with Gasteiger partial charge < -0.3 is 10.2 Å². The van der Waals surface area contributed by atoms with Crippen molar-refractivity contribution in [3.8, 4) is 0 Å². The number of nitrogens with one attached hydrogen (secondary N) is 1. The SMILES string of the molecule is CCCCCCNC(=NC)N(C)Cc1csc(C)n1.I. The predicted molar refractivity (Wildman–Crippen MR) is 99.2 cm³/mol. The van der Waals surface area contributed by atoms with Crippen molar-refractivity contribution in [2.75, 3.05) is 20.6 Å². The van der Waals surface area contributed by atoms with Gasteiger partial charge in [0.2, 0.25) is 0 Å². The Morgan fingerprint density at radius 2 is 2.15 bits per heavy atom. The minimum atomic E-state index is 0. The lowest BCUT2D eigenvalue weighted by atomic mass is 10.2. The van der Waals surface area contributed by atoms with Crippen LogP contribution in [0.1, 0.15) is 43.3 Å². The fraction of sp³-hybridized carbons (Fsp3) is 0.714. The third-order valence-corrected chi connectivity index (χ3v) is 3.77. The van der Waals surface area contributed by atoms with Crippen molar-refractivity contribution in [2.24, 2.45) is 4.99 Å². The first-order valence-corrected chi connectivity index (χ1v) is 7.88. The summed E-state index contributed by atoms with van der Waals surface area (Å²) in [7, 11) is 3.88. The summed E-state index contributed by atoms with van der Waals surface area (Å²) in [4.78, 5) is 10.9. The number of hydrogen-bond donors (Lipinski definition) is 1. The molecule has 20 heavy (non-hydrogen) atoms. The number of thiazole rings is 1. The molecule has 0 aliphatic carbocycles. The molecule has 1 rings (SSSR count). The smallest absolute Gasteiger partial charge is 0.193 e. The van der Waals surface area contributed by atoms with E-state index in [1.165, 1.54) is 25.7 Å². The van der Waals surface area contributed by atoms with Gasteiger partial charge >= 0.3 is 0 Å². The molecule has 1 aromatic heterocycles. The zero-order chi connectivity index (χ0) is 14.1. The molecule has 1 aromatic rings. The lowest BCUT2D eigenvalue weighted by Gasteiger charge is -2.21. The largest absolute Gasteiger partial charge is 0.356 e. The third kappa shape index (κ3) is 7.42. The van der Waals surface area contributed by atoms with Crippen LogP contribution in [0, 0.1) is 6.92 Å². The molecule has 1 N–H and O–H groups in total. The van der Waals surface area contributed by atoms with E-state index < -0.39 is 0 Å². The van der Waals surface area contributed by atoms with Crippen LogP contribution in [-0.2, 0) is 6.54 Å². The summed E-state index contributed by atoms with van der Waals surface area (Å²) in [6.45, 7) is 6.07. The fourth-order valence-electron chi connectivity index (χ4n) is 1.94. The lowest BCUT2D eigenvalue weighted by Crippen LogP contribution is -2.38. The second-order valence-electron chi connectivity index (χ2n) is 4.75. The van der Waals surface area contributed by atoms with Gasteiger partial charge in [-0.25, -0.2) is 4.98 Å². The minimum absolute atomic E-state index is 0. The second-order valence-corrected chi connectivity index (χ2v) is 5.81. The number of guanidine groups is 1. The molecule has 0 aromatic carbocycles. The van der Waals surface area contributed by atoms with E-state index in [4.69, 9.17) is 0 Å². The van der Waals surface area contributed by atoms with Crippen molar-refractivity contribution in [1.29, 1.82) is 0 Å². The highest BCUT2D eigenvalue weighted by molar-refractivity contribution is 14.0. The van der Waals surface area contributed by atoms with Crippen molar-refractivity contribution < 1.29 is 0 Å². The van der Waals surface area contributed by atoms with Crippen LogP contribution in [0.3, 0.4) is 0 Å². The summed E-state index contributed by atoms with van der Waals surface area (Å²) in [6.07, 6.45) is 5.08. The molecule has 6 heteroatoms. The van der Waals surface area contributed by atoms with Crippen LogP contribution in [0.5, 0.6) is 0 Å². The highest BCUT2D eigenvalue weighted by Crippen LogP contribution is 2.09. The van der Waals surface area contributed by atoms with Gasteiger partial charge in [-0.3, -0.25) is 4.99 Å². The number of hydrogen-bond acceptors (Lipinski definition) is 3. The molecule has 1 heterocycles. The van der Waals surface area contributed by atoms with Crippen molar-refractivity contribution in [1.82, 2.24) is 15.2 Å². The van der Waals surface area contributed by atoms with Crippen LogP contribution >= 0.6 is 35.3 Å². The van der Waals surface area contributed by atoms with Crippen LogP contribution in [0.25, 0.3) is 0 Å². The molecule has 0 saturated heterocycles. The van der Waals surface area contributed by atoms with Gasteiger partial charge in [-0.1, -0.05) is 26.2 Å². The Morgan fingerprint density at radius 1 is 1.40 bits per heavy atom. The van der Waals surface area contributed by atoms with E-state index in [0.717, 1.165) is 29.8 Å². The summed E-state index contributed by atoms with van der Waals surface area (Å²) < 4.78 is 0. The Labute approximate surface area is 144 Å². The first kappa shape index (κ1) is 19.6. The molecule has 0 unspecified atom stereocenters. The van der Waals surface area contributed by atoms with Gasteiger partial charge in [-0.05, 0) is 13.3 Å². The molecule has 0 spiro atoms. The normalized spacial score (nSPS) is 11.1. The van der Waals surface area contributed by atoms with Crippen LogP contribution in [0.4, 0.5) is 0 Å². The van der Waals surface area contributed by atoms with E-state index in [1.807, 2.05) is 14.0 Å². The Kier molecular flexibility index (Phi) is 11.1. The van der Waals surface area contributed by atoms with E-state index >= 15 is 0 Å². The van der Waals surface area contributed by atoms with E-state index in [1.54, 1.807) is 11.3 Å². The van der Waals surface area contributed by atoms with E-state index in [9.17, 15) is 0 Å². The molecule has 116 valence electrons. The van der Waals surface area contributed by atoms with E-state index in [2.05, 4.69) is 39.5 Å². The molecular weight excluding hydrogens is 383 g/mol. The number of aromatic nitrogens is 1. The zero-order valence-electron chi connectivity index (χ0n) is 13.0. The van der Waals surface area contributed by atoms with Gasteiger partial charge in [0.1, 0.15) is 0 Å². The molecule has 0 aliphatic heterocycles. The standard InChI is InChI=1S/C14H26N4S.HI/c1-5-6-7-8-9-16-14(15-3)18(4)10-13-11-19-12(2)17-13;/h11H,5-10H2,1-4H3,(H,15,16);1H. The summed E-state index contributed by atoms with van der Waals surface area (Å²) in [5.74, 6) is 0.946. The first-order valence-electron chi connectivity index (χ1n) is 7.00. The molecule has 0 saturated carbocycles. The Morgan fingerprint density at radius 3 is 2.70 bits per heavy atom. The van der Waals surface area contributed by atoms with Gasteiger partial charge in [0.15, 0.2) is 5.96 Å². The average Bonchev–Trinajstić information content (AvgIpc) is 2.79. The maximum atomic E-state index is 4.48. The number of rotatable bonds is 7. The van der Waals surface area contributed by atoms with Crippen LogP contribution in [0.15, 0.2) is 10.4 Å². The van der Waals surface area contributed by atoms with Gasteiger partial charge in [0.05, 0.1) is 17.2 Å². The van der Waals surface area contributed by atoms with Gasteiger partial charge in [-0.15, -0.1) is 35.3 Å². The summed E-state index contributed by atoms with van der Waals surface area (Å²) in [5.41, 5.74) is 1.11. The van der Waals surface area contributed by atoms with Crippen molar-refractivity contribution in [3.63, 3.8) is 0 Å². The maximum absolute atomic E-state index is 4.48. The highest BCUT2D eigenvalue weighted by Gasteiger charge is 2.07. The van der Waals surface area contributed by atoms with Crippen molar-refractivity contribution >= 4 is 41.3 Å². The highest BCUT2D eigenvalue weighted by atomic mass is 127. The molecule has 0 fully saturated rings. The number of aliphatic imine (C=N–C) groups is 1. The van der Waals surface area contributed by atoms with E-state index in [0.29, 0.717) is 0 Å². The number of aryl methyl sites for hydroxylation is 1. The van der Waals surface area contributed by atoms with Gasteiger partial charge in [0, 0.05) is 26.0 Å². The van der Waals surface area contributed by atoms with Crippen molar-refractivity contribution in [3.05, 3.63) is 16.1 Å². The van der Waals surface area contributed by atoms with Gasteiger partial charge in [0.25, 0.3) is 0 Å². The molecule has 0 radical (unpaired) electrons. The first-order chi connectivity index (χ1) is 9.17. The summed E-state index contributed by atoms with van der Waals surface area (Å²) >= 11 is 1.69. The molecule has 0 aliphatic rings. The quantitative estimate of drug-likeness (QED) is 0.323. The average molecular weight is 410 g/mol. The van der Waals surface area contributed by atoms with Gasteiger partial charge in [-0.2, -0.15) is 0 Å². The van der Waals surface area contributed by atoms with Crippen LogP contribution < -0.4 is 5.32 Å². The molecule has 0 bridgehead atoms. The van der Waals surface area contributed by atoms with E-state index in [-0.39, 0.29) is 24.0 Å². The van der Waals surface area contributed by atoms with Crippen LogP contribution in [0.2, 0.25) is 0 Å². The molecular formula is C14H27IN4S.